The molecule has 1 aromatic carbocycles. The zero-order valence-electron chi connectivity index (χ0n) is 15.7. The highest BCUT2D eigenvalue weighted by Gasteiger charge is 2.71. The quantitative estimate of drug-likeness (QED) is 0.905. The molecule has 2 bridgehead atoms. The van der Waals surface area contributed by atoms with Gasteiger partial charge >= 0.3 is 0 Å². The molecule has 2 aliphatic heterocycles. The molecule has 2 heterocycles. The zero-order valence-corrected chi connectivity index (χ0v) is 15.7. The van der Waals surface area contributed by atoms with Crippen molar-refractivity contribution in [2.45, 2.75) is 74.5 Å². The fraction of sp³-hybridized carbons (Fsp3) is 0.727. The summed E-state index contributed by atoms with van der Waals surface area (Å²) < 4.78 is 12.1. The Bertz CT molecular complexity index is 760. The van der Waals surface area contributed by atoms with Crippen LogP contribution < -0.4 is 9.47 Å². The minimum absolute atomic E-state index is 0.111. The van der Waals surface area contributed by atoms with Crippen LogP contribution in [-0.4, -0.2) is 48.0 Å². The van der Waals surface area contributed by atoms with Crippen molar-refractivity contribution < 1.29 is 14.6 Å². The number of rotatable bonds is 3. The molecule has 4 atom stereocenters. The van der Waals surface area contributed by atoms with Crippen LogP contribution in [0.3, 0.4) is 0 Å². The van der Waals surface area contributed by atoms with E-state index in [1.54, 1.807) is 7.11 Å². The number of hydrogen-bond acceptors (Lipinski definition) is 4. The molecule has 26 heavy (non-hydrogen) atoms. The van der Waals surface area contributed by atoms with E-state index in [1.807, 2.05) is 0 Å². The van der Waals surface area contributed by atoms with Crippen molar-refractivity contribution in [2.24, 2.45) is 5.92 Å². The van der Waals surface area contributed by atoms with Gasteiger partial charge in [-0.25, -0.2) is 0 Å². The molecule has 4 nitrogen and oxygen atoms in total. The Morgan fingerprint density at radius 2 is 2.12 bits per heavy atom. The molecular weight excluding hydrogens is 326 g/mol. The Hall–Kier alpha value is -1.26. The molecule has 1 N–H and O–H groups in total. The van der Waals surface area contributed by atoms with Gasteiger partial charge in [-0.3, -0.25) is 4.90 Å². The van der Waals surface area contributed by atoms with Crippen LogP contribution in [0.5, 0.6) is 11.5 Å². The molecule has 1 saturated heterocycles. The van der Waals surface area contributed by atoms with Gasteiger partial charge in [0.25, 0.3) is 0 Å². The first-order valence-corrected chi connectivity index (χ1v) is 10.5. The molecule has 1 unspecified atom stereocenters. The van der Waals surface area contributed by atoms with Crippen molar-refractivity contribution in [3.05, 3.63) is 23.3 Å². The van der Waals surface area contributed by atoms with Gasteiger partial charge in [0.1, 0.15) is 6.10 Å². The van der Waals surface area contributed by atoms with Crippen molar-refractivity contribution in [1.29, 1.82) is 0 Å². The van der Waals surface area contributed by atoms with Crippen LogP contribution in [0.4, 0.5) is 0 Å². The average molecular weight is 355 g/mol. The number of aliphatic hydroxyl groups is 1. The fourth-order valence-corrected chi connectivity index (χ4v) is 7.00. The fourth-order valence-electron chi connectivity index (χ4n) is 7.00. The Kier molecular flexibility index (Phi) is 3.13. The normalized spacial score (nSPS) is 40.5. The minimum Gasteiger partial charge on any atom is -0.493 e. The predicted octanol–water partition coefficient (Wildman–Crippen LogP) is 3.04. The standard InChI is InChI=1S/C22H29NO3/c1-25-16-8-7-15-12-17-22(24)9-3-6-18-21(22,19(15)20(16)26-18)10-11-23(17)13-14-4-2-5-14/h7-8,14,17-18,24H,2-6,9-13H2,1H3/t17-,18?,21-,22-/m1/s1. The van der Waals surface area contributed by atoms with E-state index in [2.05, 4.69) is 17.0 Å². The first-order chi connectivity index (χ1) is 12.7. The Balaban J connectivity index is 1.51. The van der Waals surface area contributed by atoms with Crippen LogP contribution >= 0.6 is 0 Å². The lowest BCUT2D eigenvalue weighted by Crippen LogP contribution is -2.75. The third kappa shape index (κ3) is 1.69. The monoisotopic (exact) mass is 355 g/mol. The van der Waals surface area contributed by atoms with Gasteiger partial charge in [-0.15, -0.1) is 0 Å². The number of likely N-dealkylation sites (tertiary alicyclic amines) is 1. The molecule has 0 amide bonds. The van der Waals surface area contributed by atoms with Crippen LogP contribution in [0.15, 0.2) is 12.1 Å². The first kappa shape index (κ1) is 15.8. The molecule has 1 aromatic rings. The second kappa shape index (κ2) is 5.17. The van der Waals surface area contributed by atoms with Crippen molar-refractivity contribution in [3.63, 3.8) is 0 Å². The molecule has 0 aromatic heterocycles. The molecule has 140 valence electrons. The van der Waals surface area contributed by atoms with Gasteiger partial charge in [-0.2, -0.15) is 0 Å². The highest BCUT2D eigenvalue weighted by atomic mass is 16.5. The van der Waals surface area contributed by atoms with Gasteiger partial charge in [0.05, 0.1) is 18.1 Å². The minimum atomic E-state index is -0.650. The average Bonchev–Trinajstić information content (AvgIpc) is 2.93. The van der Waals surface area contributed by atoms with Crippen LogP contribution in [0, 0.1) is 5.92 Å². The number of ether oxygens (including phenoxy) is 2. The summed E-state index contributed by atoms with van der Waals surface area (Å²) in [6.07, 6.45) is 9.23. The van der Waals surface area contributed by atoms with Gasteiger partial charge in [-0.05, 0) is 69.0 Å². The van der Waals surface area contributed by atoms with Gasteiger partial charge in [0.15, 0.2) is 11.5 Å². The lowest BCUT2D eigenvalue weighted by molar-refractivity contribution is -0.187. The topological polar surface area (TPSA) is 41.9 Å². The first-order valence-electron chi connectivity index (χ1n) is 10.5. The lowest BCUT2D eigenvalue weighted by Gasteiger charge is -2.63. The van der Waals surface area contributed by atoms with E-state index in [0.29, 0.717) is 0 Å². The molecule has 2 saturated carbocycles. The number of nitrogens with zero attached hydrogens (tertiary/aromatic N) is 1. The molecule has 3 aliphatic carbocycles. The highest BCUT2D eigenvalue weighted by Crippen LogP contribution is 2.65. The maximum absolute atomic E-state index is 12.2. The summed E-state index contributed by atoms with van der Waals surface area (Å²) in [4.78, 5) is 2.64. The zero-order chi connectivity index (χ0) is 17.5. The van der Waals surface area contributed by atoms with E-state index in [-0.39, 0.29) is 17.6 Å². The number of benzene rings is 1. The molecule has 4 heteroatoms. The van der Waals surface area contributed by atoms with Crippen LogP contribution in [-0.2, 0) is 11.8 Å². The molecule has 3 fully saturated rings. The summed E-state index contributed by atoms with van der Waals surface area (Å²) in [5, 5.41) is 12.2. The molecular formula is C22H29NO3. The van der Waals surface area contributed by atoms with Crippen molar-refractivity contribution in [2.75, 3.05) is 20.2 Å². The van der Waals surface area contributed by atoms with Gasteiger partial charge in [0.2, 0.25) is 0 Å². The van der Waals surface area contributed by atoms with Crippen molar-refractivity contribution in [1.82, 2.24) is 4.90 Å². The summed E-state index contributed by atoms with van der Waals surface area (Å²) in [6.45, 7) is 2.27. The summed E-state index contributed by atoms with van der Waals surface area (Å²) in [7, 11) is 1.72. The molecule has 1 spiro atoms. The SMILES string of the molecule is COc1ccc2c3c1OC1CCC[C@@]4(O)[C@@H](C2)N(CC2CCC2)CC[C@]314. The maximum Gasteiger partial charge on any atom is 0.165 e. The van der Waals surface area contributed by atoms with Crippen molar-refractivity contribution in [3.8, 4) is 11.5 Å². The Labute approximate surface area is 155 Å². The maximum atomic E-state index is 12.2. The summed E-state index contributed by atoms with van der Waals surface area (Å²) >= 11 is 0. The van der Waals surface area contributed by atoms with Gasteiger partial charge in [0, 0.05) is 18.2 Å². The van der Waals surface area contributed by atoms with Crippen LogP contribution in [0.1, 0.15) is 56.1 Å². The summed E-state index contributed by atoms with van der Waals surface area (Å²) in [5.41, 5.74) is 1.81. The summed E-state index contributed by atoms with van der Waals surface area (Å²) in [6, 6.07) is 4.55. The Morgan fingerprint density at radius 1 is 1.23 bits per heavy atom. The highest BCUT2D eigenvalue weighted by molar-refractivity contribution is 5.62. The van der Waals surface area contributed by atoms with E-state index in [1.165, 1.54) is 36.9 Å². The van der Waals surface area contributed by atoms with Crippen molar-refractivity contribution >= 4 is 0 Å². The number of piperidine rings is 1. The molecule has 6 rings (SSSR count). The second-order valence-corrected chi connectivity index (χ2v) is 9.29. The Morgan fingerprint density at radius 3 is 2.88 bits per heavy atom. The third-order valence-electron chi connectivity index (χ3n) is 8.40. The van der Waals surface area contributed by atoms with E-state index >= 15 is 0 Å². The van der Waals surface area contributed by atoms with E-state index in [4.69, 9.17) is 9.47 Å². The molecule has 5 aliphatic rings. The number of methoxy groups -OCH3 is 1. The molecule has 0 radical (unpaired) electrons. The van der Waals surface area contributed by atoms with E-state index in [0.717, 1.165) is 56.1 Å². The van der Waals surface area contributed by atoms with Crippen LogP contribution in [0.25, 0.3) is 0 Å². The van der Waals surface area contributed by atoms with E-state index < -0.39 is 5.60 Å². The summed E-state index contributed by atoms with van der Waals surface area (Å²) in [5.74, 6) is 2.62. The largest absolute Gasteiger partial charge is 0.493 e. The third-order valence-corrected chi connectivity index (χ3v) is 8.40. The smallest absolute Gasteiger partial charge is 0.165 e. The van der Waals surface area contributed by atoms with Crippen LogP contribution in [0.2, 0.25) is 0 Å². The van der Waals surface area contributed by atoms with Gasteiger partial charge < -0.3 is 14.6 Å². The predicted molar refractivity (Wildman–Crippen MR) is 98.9 cm³/mol. The second-order valence-electron chi connectivity index (χ2n) is 9.29. The lowest BCUT2D eigenvalue weighted by atomic mass is 9.49. The van der Waals surface area contributed by atoms with E-state index in [9.17, 15) is 5.11 Å². The number of hydrogen-bond donors (Lipinski definition) is 1. The van der Waals surface area contributed by atoms with Gasteiger partial charge in [-0.1, -0.05) is 12.5 Å².